The van der Waals surface area contributed by atoms with Crippen LogP contribution in [-0.4, -0.2) is 45.8 Å². The number of anilines is 1. The van der Waals surface area contributed by atoms with Gasteiger partial charge in [-0.25, -0.2) is 9.59 Å². The van der Waals surface area contributed by atoms with E-state index in [1.165, 1.54) is 12.1 Å². The van der Waals surface area contributed by atoms with Crippen LogP contribution < -0.4 is 5.32 Å². The summed E-state index contributed by atoms with van der Waals surface area (Å²) in [6, 6.07) is 2.89. The summed E-state index contributed by atoms with van der Waals surface area (Å²) in [5.74, 6) is -1.15. The number of carbonyl (C=O) groups is 2. The van der Waals surface area contributed by atoms with E-state index in [0.29, 0.717) is 10.7 Å². The maximum atomic E-state index is 12.0. The van der Waals surface area contributed by atoms with Crippen molar-refractivity contribution in [3.63, 3.8) is 0 Å². The number of urea groups is 1. The monoisotopic (exact) mass is 318 g/mol. The predicted octanol–water partition coefficient (Wildman–Crippen LogP) is 2.05. The Balaban J connectivity index is 2.11. The summed E-state index contributed by atoms with van der Waals surface area (Å²) in [4.78, 5) is 24.2. The summed E-state index contributed by atoms with van der Waals surface area (Å²) >= 11 is 11.6. The van der Waals surface area contributed by atoms with Gasteiger partial charge in [0, 0.05) is 18.7 Å². The van der Waals surface area contributed by atoms with Crippen LogP contribution in [0.4, 0.5) is 10.5 Å². The molecular formula is C12H12Cl2N2O4. The summed E-state index contributed by atoms with van der Waals surface area (Å²) in [5, 5.41) is 21.7. The van der Waals surface area contributed by atoms with Gasteiger partial charge in [0.1, 0.15) is 6.04 Å². The number of amides is 2. The number of rotatable bonds is 2. The van der Waals surface area contributed by atoms with E-state index in [4.69, 9.17) is 28.3 Å². The average molecular weight is 319 g/mol. The molecule has 108 valence electrons. The lowest BCUT2D eigenvalue weighted by molar-refractivity contribution is -0.141. The van der Waals surface area contributed by atoms with Crippen molar-refractivity contribution in [3.8, 4) is 0 Å². The quantitative estimate of drug-likeness (QED) is 0.778. The van der Waals surface area contributed by atoms with Gasteiger partial charge in [0.25, 0.3) is 0 Å². The van der Waals surface area contributed by atoms with Crippen LogP contribution in [0.5, 0.6) is 0 Å². The fourth-order valence-corrected chi connectivity index (χ4v) is 2.34. The Morgan fingerprint density at radius 2 is 2.00 bits per heavy atom. The molecule has 1 saturated heterocycles. The summed E-state index contributed by atoms with van der Waals surface area (Å²) in [6.07, 6.45) is -0.819. The van der Waals surface area contributed by atoms with Gasteiger partial charge in [-0.1, -0.05) is 23.2 Å². The van der Waals surface area contributed by atoms with E-state index in [-0.39, 0.29) is 18.0 Å². The van der Waals surface area contributed by atoms with Gasteiger partial charge in [-0.15, -0.1) is 0 Å². The molecule has 1 aliphatic rings. The smallest absolute Gasteiger partial charge is 0.326 e. The predicted molar refractivity (Wildman–Crippen MR) is 74.2 cm³/mol. The number of hydrogen-bond acceptors (Lipinski definition) is 3. The zero-order chi connectivity index (χ0) is 14.9. The first-order chi connectivity index (χ1) is 9.38. The minimum atomic E-state index is -1.15. The lowest BCUT2D eigenvalue weighted by atomic mass is 10.2. The number of nitrogens with one attached hydrogen (secondary N) is 1. The molecule has 1 heterocycles. The molecule has 0 unspecified atom stereocenters. The lowest BCUT2D eigenvalue weighted by Gasteiger charge is -2.21. The molecule has 1 aromatic rings. The Hall–Kier alpha value is -1.50. The van der Waals surface area contributed by atoms with Crippen molar-refractivity contribution in [3.05, 3.63) is 28.2 Å². The van der Waals surface area contributed by atoms with Gasteiger partial charge in [-0.2, -0.15) is 0 Å². The van der Waals surface area contributed by atoms with Crippen molar-refractivity contribution in [1.29, 1.82) is 0 Å². The maximum absolute atomic E-state index is 12.0. The molecular weight excluding hydrogens is 307 g/mol. The molecule has 0 radical (unpaired) electrons. The second-order valence-corrected chi connectivity index (χ2v) is 5.27. The topological polar surface area (TPSA) is 89.9 Å². The molecule has 0 aromatic heterocycles. The molecule has 1 aromatic carbocycles. The fourth-order valence-electron chi connectivity index (χ4n) is 2.04. The highest BCUT2D eigenvalue weighted by molar-refractivity contribution is 6.42. The first-order valence-corrected chi connectivity index (χ1v) is 6.57. The highest BCUT2D eigenvalue weighted by atomic mass is 35.5. The van der Waals surface area contributed by atoms with Crippen molar-refractivity contribution in [1.82, 2.24) is 4.90 Å². The van der Waals surface area contributed by atoms with E-state index < -0.39 is 24.1 Å². The van der Waals surface area contributed by atoms with Crippen LogP contribution in [0, 0.1) is 0 Å². The van der Waals surface area contributed by atoms with Crippen molar-refractivity contribution in [2.24, 2.45) is 0 Å². The zero-order valence-electron chi connectivity index (χ0n) is 10.2. The summed E-state index contributed by atoms with van der Waals surface area (Å²) in [7, 11) is 0. The van der Waals surface area contributed by atoms with Crippen molar-refractivity contribution in [2.75, 3.05) is 11.9 Å². The Morgan fingerprint density at radius 3 is 2.60 bits per heavy atom. The van der Waals surface area contributed by atoms with E-state index in [1.807, 2.05) is 0 Å². The van der Waals surface area contributed by atoms with E-state index in [0.717, 1.165) is 4.90 Å². The number of nitrogens with zero attached hydrogens (tertiary/aromatic N) is 1. The third kappa shape index (κ3) is 3.15. The van der Waals surface area contributed by atoms with Gasteiger partial charge in [0.15, 0.2) is 0 Å². The molecule has 3 N–H and O–H groups in total. The number of likely N-dealkylation sites (tertiary alicyclic amines) is 1. The molecule has 0 aliphatic carbocycles. The van der Waals surface area contributed by atoms with Crippen LogP contribution in [0.25, 0.3) is 0 Å². The maximum Gasteiger partial charge on any atom is 0.326 e. The van der Waals surface area contributed by atoms with Gasteiger partial charge >= 0.3 is 12.0 Å². The van der Waals surface area contributed by atoms with Crippen LogP contribution in [0.1, 0.15) is 6.42 Å². The van der Waals surface area contributed by atoms with Gasteiger partial charge in [-0.05, 0) is 18.2 Å². The first-order valence-electron chi connectivity index (χ1n) is 5.82. The second-order valence-electron chi connectivity index (χ2n) is 4.45. The Kier molecular flexibility index (Phi) is 4.37. The zero-order valence-corrected chi connectivity index (χ0v) is 11.7. The molecule has 2 atom stereocenters. The Morgan fingerprint density at radius 1 is 1.30 bits per heavy atom. The van der Waals surface area contributed by atoms with Gasteiger partial charge in [0.2, 0.25) is 0 Å². The van der Waals surface area contributed by atoms with Crippen LogP contribution >= 0.6 is 23.2 Å². The third-order valence-corrected chi connectivity index (χ3v) is 3.73. The van der Waals surface area contributed by atoms with E-state index in [2.05, 4.69) is 5.32 Å². The standard InChI is InChI=1S/C12H12Cl2N2O4/c13-8-2-1-6(3-9(8)14)15-12(20)16-5-7(17)4-10(16)11(18)19/h1-3,7,10,17H,4-5H2,(H,15,20)(H,18,19)/t7-,10-/m0/s1. The molecule has 2 amide bonds. The molecule has 0 saturated carbocycles. The van der Waals surface area contributed by atoms with E-state index >= 15 is 0 Å². The van der Waals surface area contributed by atoms with Gasteiger partial charge in [0.05, 0.1) is 16.1 Å². The van der Waals surface area contributed by atoms with Crippen molar-refractivity contribution < 1.29 is 19.8 Å². The number of aliphatic hydroxyl groups is 1. The molecule has 8 heteroatoms. The first kappa shape index (κ1) is 14.9. The molecule has 1 aliphatic heterocycles. The number of aliphatic hydroxyl groups excluding tert-OH is 1. The minimum Gasteiger partial charge on any atom is -0.480 e. The molecule has 1 fully saturated rings. The van der Waals surface area contributed by atoms with Crippen LogP contribution in [0.3, 0.4) is 0 Å². The summed E-state index contributed by atoms with van der Waals surface area (Å²) < 4.78 is 0. The molecule has 2 rings (SSSR count). The number of hydrogen-bond donors (Lipinski definition) is 3. The number of carboxylic acid groups (broad SMARTS) is 1. The van der Waals surface area contributed by atoms with E-state index in [1.54, 1.807) is 6.07 Å². The number of β-amino-alcohol motifs (C(OH)–C–C–N with tert-alkyl or cyclic N) is 1. The highest BCUT2D eigenvalue weighted by Gasteiger charge is 2.38. The van der Waals surface area contributed by atoms with Crippen LogP contribution in [0.2, 0.25) is 10.0 Å². The van der Waals surface area contributed by atoms with Crippen LogP contribution in [0.15, 0.2) is 18.2 Å². The van der Waals surface area contributed by atoms with Crippen molar-refractivity contribution >= 4 is 40.9 Å². The molecule has 20 heavy (non-hydrogen) atoms. The fraction of sp³-hybridized carbons (Fsp3) is 0.333. The van der Waals surface area contributed by atoms with Crippen molar-refractivity contribution in [2.45, 2.75) is 18.6 Å². The van der Waals surface area contributed by atoms with E-state index in [9.17, 15) is 14.7 Å². The third-order valence-electron chi connectivity index (χ3n) is 3.00. The lowest BCUT2D eigenvalue weighted by Crippen LogP contribution is -2.43. The van der Waals surface area contributed by atoms with Crippen LogP contribution in [-0.2, 0) is 4.79 Å². The number of halogens is 2. The number of benzene rings is 1. The molecule has 6 nitrogen and oxygen atoms in total. The SMILES string of the molecule is O=C(O)[C@@H]1C[C@H](O)CN1C(=O)Nc1ccc(Cl)c(Cl)c1. The number of carbonyl (C=O) groups excluding carboxylic acids is 1. The second kappa shape index (κ2) is 5.87. The number of carboxylic acids is 1. The number of aliphatic carboxylic acids is 1. The van der Waals surface area contributed by atoms with Gasteiger partial charge < -0.3 is 20.4 Å². The summed E-state index contributed by atoms with van der Waals surface area (Å²) in [6.45, 7) is -0.0237. The Bertz CT molecular complexity index is 552. The van der Waals surface area contributed by atoms with Gasteiger partial charge in [-0.3, -0.25) is 0 Å². The minimum absolute atomic E-state index is 0.0180. The Labute approximate surface area is 124 Å². The molecule has 0 spiro atoms. The highest BCUT2D eigenvalue weighted by Crippen LogP contribution is 2.26. The normalized spacial score (nSPS) is 21.9. The molecule has 0 bridgehead atoms. The average Bonchev–Trinajstić information content (AvgIpc) is 2.76. The largest absolute Gasteiger partial charge is 0.480 e. The summed E-state index contributed by atoms with van der Waals surface area (Å²) in [5.41, 5.74) is 0.398.